The summed E-state index contributed by atoms with van der Waals surface area (Å²) >= 11 is 0. The first-order valence-electron chi connectivity index (χ1n) is 9.48. The molecule has 0 atom stereocenters. The van der Waals surface area contributed by atoms with Crippen LogP contribution in [0.25, 0.3) is 0 Å². The Kier molecular flexibility index (Phi) is 5.71. The maximum atomic E-state index is 13.0. The number of benzene rings is 1. The molecule has 28 heavy (non-hydrogen) atoms. The number of nitrogens with one attached hydrogen (secondary N) is 2. The molecule has 0 aliphatic carbocycles. The van der Waals surface area contributed by atoms with Gasteiger partial charge in [0.25, 0.3) is 0 Å². The summed E-state index contributed by atoms with van der Waals surface area (Å²) in [5, 5.41) is 5.44. The largest absolute Gasteiger partial charge is 0.347 e. The van der Waals surface area contributed by atoms with E-state index in [0.29, 0.717) is 50.5 Å². The fourth-order valence-corrected chi connectivity index (χ4v) is 3.49. The van der Waals surface area contributed by atoms with Crippen LogP contribution in [0.5, 0.6) is 0 Å². The lowest BCUT2D eigenvalue weighted by Gasteiger charge is -2.40. The van der Waals surface area contributed by atoms with Gasteiger partial charge in [0, 0.05) is 44.2 Å². The Hall–Kier alpha value is -2.45. The highest BCUT2D eigenvalue weighted by molar-refractivity contribution is 6.10. The Morgan fingerprint density at radius 3 is 2.18 bits per heavy atom. The van der Waals surface area contributed by atoms with E-state index in [1.165, 1.54) is 6.92 Å². The van der Waals surface area contributed by atoms with Gasteiger partial charge in [0.2, 0.25) is 17.7 Å². The van der Waals surface area contributed by atoms with Crippen LogP contribution in [-0.4, -0.2) is 54.7 Å². The molecule has 1 aromatic carbocycles. The number of likely N-dealkylation sites (tertiary alicyclic amines) is 1. The summed E-state index contributed by atoms with van der Waals surface area (Å²) in [5.41, 5.74) is -0.138. The number of hydrogen-bond acceptors (Lipinski definition) is 5. The quantitative estimate of drug-likeness (QED) is 0.768. The van der Waals surface area contributed by atoms with Gasteiger partial charge in [-0.1, -0.05) is 6.07 Å². The molecule has 0 unspecified atom stereocenters. The Morgan fingerprint density at radius 1 is 1.04 bits per heavy atom. The molecule has 0 bridgehead atoms. The van der Waals surface area contributed by atoms with Crippen LogP contribution >= 0.6 is 0 Å². The number of anilines is 2. The average Bonchev–Trinajstić information content (AvgIpc) is 3.09. The zero-order chi connectivity index (χ0) is 20.4. The zero-order valence-corrected chi connectivity index (χ0v) is 16.5. The van der Waals surface area contributed by atoms with Gasteiger partial charge in [-0.2, -0.15) is 0 Å². The van der Waals surface area contributed by atoms with Crippen molar-refractivity contribution >= 4 is 29.1 Å². The summed E-state index contributed by atoms with van der Waals surface area (Å²) in [5.74, 6) is -1.38. The van der Waals surface area contributed by atoms with E-state index in [0.717, 1.165) is 0 Å². The van der Waals surface area contributed by atoms with E-state index in [1.807, 2.05) is 0 Å². The van der Waals surface area contributed by atoms with Crippen molar-refractivity contribution in [3.8, 4) is 0 Å². The van der Waals surface area contributed by atoms with Crippen molar-refractivity contribution in [2.75, 3.05) is 36.9 Å². The SMILES string of the molecule is CC(=O)Nc1cccc(NC(=O)C(C)(C)C(=O)N2CCC3(CC2)OCCO3)c1. The van der Waals surface area contributed by atoms with Gasteiger partial charge in [-0.05, 0) is 32.0 Å². The Balaban J connectivity index is 1.62. The van der Waals surface area contributed by atoms with Crippen molar-refractivity contribution in [3.63, 3.8) is 0 Å². The summed E-state index contributed by atoms with van der Waals surface area (Å²) in [7, 11) is 0. The Bertz CT molecular complexity index is 761. The maximum Gasteiger partial charge on any atom is 0.239 e. The smallest absolute Gasteiger partial charge is 0.239 e. The molecule has 2 fully saturated rings. The van der Waals surface area contributed by atoms with Crippen molar-refractivity contribution < 1.29 is 23.9 Å². The predicted octanol–water partition coefficient (Wildman–Crippen LogP) is 1.98. The lowest BCUT2D eigenvalue weighted by molar-refractivity contribution is -0.189. The topological polar surface area (TPSA) is 97.0 Å². The number of carbonyl (C=O) groups is 3. The number of rotatable bonds is 4. The van der Waals surface area contributed by atoms with E-state index < -0.39 is 17.1 Å². The molecular weight excluding hydrogens is 362 g/mol. The fourth-order valence-electron chi connectivity index (χ4n) is 3.49. The third kappa shape index (κ3) is 4.34. The van der Waals surface area contributed by atoms with Gasteiger partial charge in [0.1, 0.15) is 5.41 Å². The van der Waals surface area contributed by atoms with Gasteiger partial charge in [0.05, 0.1) is 13.2 Å². The summed E-state index contributed by atoms with van der Waals surface area (Å²) < 4.78 is 11.4. The molecule has 152 valence electrons. The molecule has 0 saturated carbocycles. The lowest BCUT2D eigenvalue weighted by Crippen LogP contribution is -2.53. The van der Waals surface area contributed by atoms with Crippen molar-refractivity contribution in [1.82, 2.24) is 4.90 Å². The molecular formula is C20H27N3O5. The summed E-state index contributed by atoms with van der Waals surface area (Å²) in [4.78, 5) is 38.7. The van der Waals surface area contributed by atoms with Crippen LogP contribution in [0.3, 0.4) is 0 Å². The number of amides is 3. The summed E-state index contributed by atoms with van der Waals surface area (Å²) in [6, 6.07) is 6.81. The van der Waals surface area contributed by atoms with Crippen LogP contribution in [0.4, 0.5) is 11.4 Å². The standard InChI is InChI=1S/C20H27N3O5/c1-14(24)21-15-5-4-6-16(13-15)22-17(25)19(2,3)18(26)23-9-7-20(8-10-23)27-11-12-28-20/h4-6,13H,7-12H2,1-3H3,(H,21,24)(H,22,25). The number of nitrogens with zero attached hydrogens (tertiary/aromatic N) is 1. The van der Waals surface area contributed by atoms with Crippen molar-refractivity contribution in [2.45, 2.75) is 39.4 Å². The highest BCUT2D eigenvalue weighted by atomic mass is 16.7. The van der Waals surface area contributed by atoms with E-state index >= 15 is 0 Å². The van der Waals surface area contributed by atoms with Crippen LogP contribution < -0.4 is 10.6 Å². The molecule has 3 rings (SSSR count). The van der Waals surface area contributed by atoms with Gasteiger partial charge in [-0.25, -0.2) is 0 Å². The summed E-state index contributed by atoms with van der Waals surface area (Å²) in [6.45, 7) is 6.81. The molecule has 0 radical (unpaired) electrons. The van der Waals surface area contributed by atoms with E-state index in [2.05, 4.69) is 10.6 Å². The lowest BCUT2D eigenvalue weighted by atomic mass is 9.88. The van der Waals surface area contributed by atoms with Gasteiger partial charge in [0.15, 0.2) is 5.79 Å². The van der Waals surface area contributed by atoms with Crippen molar-refractivity contribution in [3.05, 3.63) is 24.3 Å². The van der Waals surface area contributed by atoms with Crippen LogP contribution in [-0.2, 0) is 23.9 Å². The molecule has 8 heteroatoms. The van der Waals surface area contributed by atoms with Gasteiger partial charge < -0.3 is 25.0 Å². The van der Waals surface area contributed by atoms with Gasteiger partial charge in [-0.15, -0.1) is 0 Å². The molecule has 8 nitrogen and oxygen atoms in total. The number of hydrogen-bond donors (Lipinski definition) is 2. The van der Waals surface area contributed by atoms with Crippen molar-refractivity contribution in [1.29, 1.82) is 0 Å². The highest BCUT2D eigenvalue weighted by Gasteiger charge is 2.45. The Labute approximate surface area is 164 Å². The molecule has 2 aliphatic heterocycles. The van der Waals surface area contributed by atoms with Gasteiger partial charge in [-0.3, -0.25) is 14.4 Å². The van der Waals surface area contributed by atoms with Crippen LogP contribution in [0.1, 0.15) is 33.6 Å². The van der Waals surface area contributed by atoms with Gasteiger partial charge >= 0.3 is 0 Å². The van der Waals surface area contributed by atoms with Crippen LogP contribution in [0, 0.1) is 5.41 Å². The first-order valence-corrected chi connectivity index (χ1v) is 9.48. The first-order chi connectivity index (χ1) is 13.2. The average molecular weight is 389 g/mol. The number of carbonyl (C=O) groups excluding carboxylic acids is 3. The molecule has 2 aliphatic rings. The first kappa shape index (κ1) is 20.3. The third-order valence-electron chi connectivity index (χ3n) is 5.17. The number of ether oxygens (including phenoxy) is 2. The normalized spacial score (nSPS) is 18.8. The predicted molar refractivity (Wildman–Crippen MR) is 104 cm³/mol. The van der Waals surface area contributed by atoms with Crippen LogP contribution in [0.2, 0.25) is 0 Å². The minimum atomic E-state index is -1.23. The second-order valence-electron chi connectivity index (χ2n) is 7.74. The Morgan fingerprint density at radius 2 is 1.61 bits per heavy atom. The second kappa shape index (κ2) is 7.89. The van der Waals surface area contributed by atoms with E-state index in [9.17, 15) is 14.4 Å². The fraction of sp³-hybridized carbons (Fsp3) is 0.550. The van der Waals surface area contributed by atoms with Crippen LogP contribution in [0.15, 0.2) is 24.3 Å². The molecule has 1 spiro atoms. The molecule has 2 heterocycles. The minimum absolute atomic E-state index is 0.197. The zero-order valence-electron chi connectivity index (χ0n) is 16.5. The second-order valence-corrected chi connectivity index (χ2v) is 7.74. The molecule has 0 aromatic heterocycles. The van der Waals surface area contributed by atoms with Crippen molar-refractivity contribution in [2.24, 2.45) is 5.41 Å². The van der Waals surface area contributed by atoms with E-state index in [-0.39, 0.29) is 11.8 Å². The highest BCUT2D eigenvalue weighted by Crippen LogP contribution is 2.33. The van der Waals surface area contributed by atoms with E-state index in [4.69, 9.17) is 9.47 Å². The third-order valence-corrected chi connectivity index (χ3v) is 5.17. The molecule has 2 N–H and O–H groups in total. The molecule has 2 saturated heterocycles. The van der Waals surface area contributed by atoms with E-state index in [1.54, 1.807) is 43.0 Å². The monoisotopic (exact) mass is 389 g/mol. The maximum absolute atomic E-state index is 13.0. The molecule has 1 aromatic rings. The summed E-state index contributed by atoms with van der Waals surface area (Å²) in [6.07, 6.45) is 1.21. The molecule has 3 amide bonds. The number of piperidine rings is 1. The minimum Gasteiger partial charge on any atom is -0.347 e.